The number of carbonyl (C=O) groups is 4. The molecule has 4 rings (SSSR count). The Kier molecular flexibility index (Phi) is 4.69. The second-order valence-electron chi connectivity index (χ2n) is 7.89. The Morgan fingerprint density at radius 1 is 1.07 bits per heavy atom. The van der Waals surface area contributed by atoms with E-state index in [1.165, 1.54) is 0 Å². The van der Waals surface area contributed by atoms with Gasteiger partial charge in [-0.25, -0.2) is 0 Å². The molecule has 28 heavy (non-hydrogen) atoms. The number of esters is 1. The first-order valence-electron chi connectivity index (χ1n) is 9.76. The Bertz CT molecular complexity index is 867. The summed E-state index contributed by atoms with van der Waals surface area (Å²) in [6.07, 6.45) is 7.07. The van der Waals surface area contributed by atoms with Gasteiger partial charge in [-0.3, -0.25) is 24.1 Å². The van der Waals surface area contributed by atoms with Crippen molar-refractivity contribution in [3.8, 4) is 0 Å². The molecule has 2 fully saturated rings. The highest BCUT2D eigenvalue weighted by Gasteiger charge is 2.47. The average molecular weight is 384 g/mol. The Morgan fingerprint density at radius 3 is 2.25 bits per heavy atom. The number of Topliss-reactive ketones (excluding diaryl/α,β-unsaturated/α-hetero) is 1. The summed E-state index contributed by atoms with van der Waals surface area (Å²) in [5.41, 5.74) is 2.48. The van der Waals surface area contributed by atoms with Crippen molar-refractivity contribution < 1.29 is 23.9 Å². The molecule has 1 saturated carbocycles. The number of ether oxygens (including phenoxy) is 1. The van der Waals surface area contributed by atoms with Gasteiger partial charge < -0.3 is 9.30 Å². The maximum atomic E-state index is 12.5. The van der Waals surface area contributed by atoms with E-state index in [-0.39, 0.29) is 29.4 Å². The van der Waals surface area contributed by atoms with Crippen molar-refractivity contribution >= 4 is 23.6 Å². The molecule has 3 aliphatic rings. The number of hydrogen-bond donors (Lipinski definition) is 0. The van der Waals surface area contributed by atoms with Gasteiger partial charge in [-0.05, 0) is 45.6 Å². The molecule has 148 valence electrons. The molecular weight excluding hydrogens is 360 g/mol. The van der Waals surface area contributed by atoms with Crippen LogP contribution in [0.5, 0.6) is 0 Å². The summed E-state index contributed by atoms with van der Waals surface area (Å²) in [6, 6.07) is 2.30. The van der Waals surface area contributed by atoms with Crippen LogP contribution >= 0.6 is 0 Å². The van der Waals surface area contributed by atoms with Gasteiger partial charge in [0.05, 0.1) is 11.8 Å². The summed E-state index contributed by atoms with van der Waals surface area (Å²) >= 11 is 0. The molecule has 0 spiro atoms. The van der Waals surface area contributed by atoms with Crippen molar-refractivity contribution in [3.63, 3.8) is 0 Å². The number of hydrogen-bond acceptors (Lipinski definition) is 5. The zero-order valence-corrected chi connectivity index (χ0v) is 16.1. The summed E-state index contributed by atoms with van der Waals surface area (Å²) < 4.78 is 7.25. The lowest BCUT2D eigenvalue weighted by atomic mass is 9.85. The number of imide groups is 1. The normalized spacial score (nSPS) is 23.9. The highest BCUT2D eigenvalue weighted by molar-refractivity contribution is 6.07. The fourth-order valence-electron chi connectivity index (χ4n) is 4.38. The van der Waals surface area contributed by atoms with E-state index in [4.69, 9.17) is 4.74 Å². The summed E-state index contributed by atoms with van der Waals surface area (Å²) in [5.74, 6) is -2.41. The first kappa shape index (κ1) is 18.7. The van der Waals surface area contributed by atoms with Crippen LogP contribution in [-0.4, -0.2) is 46.2 Å². The van der Waals surface area contributed by atoms with E-state index < -0.39 is 19.1 Å². The minimum Gasteiger partial charge on any atom is -0.456 e. The predicted molar refractivity (Wildman–Crippen MR) is 99.5 cm³/mol. The molecule has 1 aliphatic heterocycles. The van der Waals surface area contributed by atoms with E-state index in [0.29, 0.717) is 24.4 Å². The summed E-state index contributed by atoms with van der Waals surface area (Å²) in [5, 5.41) is 0. The highest BCUT2D eigenvalue weighted by Crippen LogP contribution is 2.38. The van der Waals surface area contributed by atoms with Gasteiger partial charge in [0, 0.05) is 23.0 Å². The van der Waals surface area contributed by atoms with Crippen LogP contribution in [0.15, 0.2) is 18.2 Å². The third-order valence-electron chi connectivity index (χ3n) is 5.95. The molecule has 2 heterocycles. The minimum absolute atomic E-state index is 0.273. The Labute approximate surface area is 163 Å². The lowest BCUT2D eigenvalue weighted by Crippen LogP contribution is -2.37. The summed E-state index contributed by atoms with van der Waals surface area (Å²) in [6.45, 7) is 3.04. The van der Waals surface area contributed by atoms with Gasteiger partial charge >= 0.3 is 5.97 Å². The third-order valence-corrected chi connectivity index (χ3v) is 5.95. The number of likely N-dealkylation sites (tertiary alicyclic amines) is 1. The topological polar surface area (TPSA) is 85.7 Å². The van der Waals surface area contributed by atoms with Gasteiger partial charge in [-0.15, -0.1) is 0 Å². The quantitative estimate of drug-likeness (QED) is 0.325. The second-order valence-corrected chi connectivity index (χ2v) is 7.89. The molecule has 1 aromatic rings. The molecular formula is C21H24N2O5. The molecule has 2 atom stereocenters. The standard InChI is InChI=1S/C21H24N2O5/c1-12-9-17(13(2)23(12)14-7-8-14)18(24)11-28-19(25)10-22-20(26)15-5-3-4-6-16(15)21(22)27/h3-4,9,14-16H,5-8,10-11H2,1-2H3/t15-,16+. The number of allylic oxidation sites excluding steroid dienone is 2. The Morgan fingerprint density at radius 2 is 1.68 bits per heavy atom. The van der Waals surface area contributed by atoms with Gasteiger partial charge in [0.25, 0.3) is 0 Å². The van der Waals surface area contributed by atoms with Crippen molar-refractivity contribution in [2.45, 2.75) is 45.6 Å². The lowest BCUT2D eigenvalue weighted by Gasteiger charge is -2.14. The second kappa shape index (κ2) is 7.04. The molecule has 0 N–H and O–H groups in total. The minimum atomic E-state index is -0.738. The number of ketones is 1. The van der Waals surface area contributed by atoms with Crippen molar-refractivity contribution in [2.24, 2.45) is 11.8 Å². The van der Waals surface area contributed by atoms with Crippen LogP contribution in [0.25, 0.3) is 0 Å². The zero-order chi connectivity index (χ0) is 20.0. The monoisotopic (exact) mass is 384 g/mol. The van der Waals surface area contributed by atoms with Crippen molar-refractivity contribution in [3.05, 3.63) is 35.2 Å². The maximum Gasteiger partial charge on any atom is 0.326 e. The zero-order valence-electron chi connectivity index (χ0n) is 16.1. The van der Waals surface area contributed by atoms with E-state index >= 15 is 0 Å². The van der Waals surface area contributed by atoms with Crippen molar-refractivity contribution in [1.29, 1.82) is 0 Å². The van der Waals surface area contributed by atoms with E-state index in [2.05, 4.69) is 4.57 Å². The predicted octanol–water partition coefficient (Wildman–Crippen LogP) is 2.12. The Hall–Kier alpha value is -2.70. The number of rotatable bonds is 6. The van der Waals surface area contributed by atoms with Gasteiger partial charge in [-0.1, -0.05) is 12.2 Å². The van der Waals surface area contributed by atoms with Gasteiger partial charge in [0.2, 0.25) is 17.6 Å². The molecule has 0 bridgehead atoms. The number of aromatic nitrogens is 1. The fourth-order valence-corrected chi connectivity index (χ4v) is 4.38. The molecule has 0 radical (unpaired) electrons. The fraction of sp³-hybridized carbons (Fsp3) is 0.524. The van der Waals surface area contributed by atoms with E-state index in [9.17, 15) is 19.2 Å². The van der Waals surface area contributed by atoms with E-state index in [0.717, 1.165) is 29.1 Å². The smallest absolute Gasteiger partial charge is 0.326 e. The molecule has 7 heteroatoms. The summed E-state index contributed by atoms with van der Waals surface area (Å²) in [4.78, 5) is 50.4. The number of amides is 2. The highest BCUT2D eigenvalue weighted by atomic mass is 16.5. The van der Waals surface area contributed by atoms with Gasteiger partial charge in [0.1, 0.15) is 6.54 Å². The van der Waals surface area contributed by atoms with Crippen LogP contribution in [0.3, 0.4) is 0 Å². The molecule has 1 saturated heterocycles. The number of aryl methyl sites for hydroxylation is 1. The van der Waals surface area contributed by atoms with Crippen molar-refractivity contribution in [2.75, 3.05) is 13.2 Å². The first-order valence-corrected chi connectivity index (χ1v) is 9.76. The van der Waals surface area contributed by atoms with Crippen LogP contribution in [-0.2, 0) is 19.1 Å². The molecule has 1 aromatic heterocycles. The van der Waals surface area contributed by atoms with Crippen LogP contribution in [0.2, 0.25) is 0 Å². The lowest BCUT2D eigenvalue weighted by molar-refractivity contribution is -0.152. The van der Waals surface area contributed by atoms with Crippen LogP contribution in [0.4, 0.5) is 0 Å². The van der Waals surface area contributed by atoms with Crippen molar-refractivity contribution in [1.82, 2.24) is 9.47 Å². The average Bonchev–Trinajstić information content (AvgIpc) is 3.43. The van der Waals surface area contributed by atoms with Crippen LogP contribution in [0.1, 0.15) is 53.5 Å². The van der Waals surface area contributed by atoms with Crippen LogP contribution in [0, 0.1) is 25.7 Å². The van der Waals surface area contributed by atoms with Gasteiger partial charge in [0.15, 0.2) is 6.61 Å². The van der Waals surface area contributed by atoms with E-state index in [1.807, 2.05) is 32.1 Å². The molecule has 2 amide bonds. The Balaban J connectivity index is 1.35. The number of fused-ring (bicyclic) bond motifs is 1. The van der Waals surface area contributed by atoms with Crippen LogP contribution < -0.4 is 0 Å². The summed E-state index contributed by atoms with van der Waals surface area (Å²) in [7, 11) is 0. The van der Waals surface area contributed by atoms with E-state index in [1.54, 1.807) is 0 Å². The SMILES string of the molecule is Cc1cc(C(=O)COC(=O)CN2C(=O)[C@H]3CC=CC[C@H]3C2=O)c(C)n1C1CC1. The van der Waals surface area contributed by atoms with Gasteiger partial charge in [-0.2, -0.15) is 0 Å². The largest absolute Gasteiger partial charge is 0.456 e. The molecule has 0 aromatic carbocycles. The first-order chi connectivity index (χ1) is 13.4. The molecule has 0 unspecified atom stereocenters. The third kappa shape index (κ3) is 3.19. The number of nitrogens with zero attached hydrogens (tertiary/aromatic N) is 2. The maximum absolute atomic E-state index is 12.5. The molecule has 2 aliphatic carbocycles. The molecule has 7 nitrogen and oxygen atoms in total. The number of carbonyl (C=O) groups excluding carboxylic acids is 4.